The Bertz CT molecular complexity index is 2990. The van der Waals surface area contributed by atoms with Crippen molar-refractivity contribution in [2.45, 2.75) is 99.6 Å². The van der Waals surface area contributed by atoms with Crippen LogP contribution >= 0.6 is 0 Å². The van der Waals surface area contributed by atoms with E-state index < -0.39 is 47.1 Å². The summed E-state index contributed by atoms with van der Waals surface area (Å²) in [5.74, 6) is 0.0267. The molecule has 3 aromatic heterocycles. The third-order valence-corrected chi connectivity index (χ3v) is 17.9. The van der Waals surface area contributed by atoms with Crippen LogP contribution in [0, 0.1) is 21.4 Å². The zero-order valence-corrected chi connectivity index (χ0v) is 40.5. The van der Waals surface area contributed by atoms with E-state index >= 15 is 0 Å². The van der Waals surface area contributed by atoms with E-state index in [9.17, 15) is 36.9 Å². The Balaban J connectivity index is 0.840. The van der Waals surface area contributed by atoms with Crippen LogP contribution in [0.4, 0.5) is 17.2 Å². The first kappa shape index (κ1) is 47.0. The predicted octanol–water partition coefficient (Wildman–Crippen LogP) is 7.08. The Hall–Kier alpha value is -5.67. The monoisotopic (exact) mass is 981 g/mol. The second-order valence-electron chi connectivity index (χ2n) is 20.2. The zero-order chi connectivity index (χ0) is 48.3. The number of carbonyl (C=O) groups excluding carboxylic acids is 1. The van der Waals surface area contributed by atoms with Crippen molar-refractivity contribution in [3.8, 4) is 11.5 Å². The molecule has 3 aliphatic carbocycles. The number of hydrogen-bond donors (Lipinski definition) is 4. The topological polar surface area (TPSA) is 233 Å². The molecule has 2 aromatic carbocycles. The Morgan fingerprint density at radius 1 is 0.928 bits per heavy atom. The highest BCUT2D eigenvalue weighted by Gasteiger charge is 2.51. The molecule has 1 atom stereocenters. The maximum Gasteiger partial charge on any atom is 0.312 e. The standard InChI is InChI=1S/C49H59N9O9S2/c1-48(60)14-11-32(12-15-48)28-51-46-42(58(61)62)25-38(30-53-46)69(65,66)54-47(59)41-10-9-35(24-44(41)67-37-23-34-13-18-50-45(34)52-29-37)55-19-16-49(17-20-55)26-36(27-49)57-22-21-56(68(2,63)64)31-43(57)40-6-4-3-5-39(40)33-7-8-33/h3-6,9-10,13,18,23-25,29-30,32-33,36,43,60H,7-8,11-12,14-17,19-22,26-28,31H2,1-2H3,(H,50,52)(H,51,53)(H,54,59)/t32-,43-,48-/m0/s1. The fraction of sp³-hybridized carbons (Fsp3) is 0.490. The minimum absolute atomic E-state index is 0.000581. The van der Waals surface area contributed by atoms with E-state index in [1.165, 1.54) is 42.5 Å². The summed E-state index contributed by atoms with van der Waals surface area (Å²) in [6.07, 6.45) is 14.5. The van der Waals surface area contributed by atoms with E-state index in [-0.39, 0.29) is 34.5 Å². The summed E-state index contributed by atoms with van der Waals surface area (Å²) in [6.45, 7) is 5.28. The quantitative estimate of drug-likeness (QED) is 0.0644. The molecule has 20 heteroatoms. The molecule has 1 spiro atoms. The molecule has 0 radical (unpaired) electrons. The molecule has 0 unspecified atom stereocenters. The van der Waals surface area contributed by atoms with Crippen LogP contribution in [-0.4, -0.2) is 114 Å². The molecule has 366 valence electrons. The van der Waals surface area contributed by atoms with Crippen LogP contribution in [0.2, 0.25) is 0 Å². The maximum atomic E-state index is 14.0. The first-order chi connectivity index (χ1) is 32.9. The lowest BCUT2D eigenvalue weighted by Crippen LogP contribution is -2.60. The molecule has 5 heterocycles. The van der Waals surface area contributed by atoms with Gasteiger partial charge in [0, 0.05) is 80.8 Å². The van der Waals surface area contributed by atoms with Gasteiger partial charge in [0.25, 0.3) is 15.9 Å². The van der Waals surface area contributed by atoms with Gasteiger partial charge in [0.05, 0.1) is 34.7 Å². The lowest BCUT2D eigenvalue weighted by molar-refractivity contribution is -0.384. The number of nitro groups is 1. The Morgan fingerprint density at radius 2 is 1.67 bits per heavy atom. The summed E-state index contributed by atoms with van der Waals surface area (Å²) < 4.78 is 63.1. The van der Waals surface area contributed by atoms with Crippen LogP contribution < -0.4 is 19.7 Å². The number of benzene rings is 2. The number of aliphatic hydroxyl groups is 1. The predicted molar refractivity (Wildman–Crippen MR) is 260 cm³/mol. The number of anilines is 2. The molecule has 18 nitrogen and oxygen atoms in total. The number of piperazine rings is 1. The number of nitrogens with zero attached hydrogens (tertiary/aromatic N) is 6. The third kappa shape index (κ3) is 10.0. The van der Waals surface area contributed by atoms with Gasteiger partial charge in [0.15, 0.2) is 0 Å². The third-order valence-electron chi connectivity index (χ3n) is 15.4. The van der Waals surface area contributed by atoms with Crippen molar-refractivity contribution in [3.63, 3.8) is 0 Å². The number of hydrogen-bond acceptors (Lipinski definition) is 14. The van der Waals surface area contributed by atoms with E-state index in [2.05, 4.69) is 59.1 Å². The Labute approximate surface area is 402 Å². The number of piperidine rings is 1. The first-order valence-electron chi connectivity index (χ1n) is 23.9. The Morgan fingerprint density at radius 3 is 2.38 bits per heavy atom. The fourth-order valence-corrected chi connectivity index (χ4v) is 12.9. The summed E-state index contributed by atoms with van der Waals surface area (Å²) >= 11 is 0. The van der Waals surface area contributed by atoms with E-state index in [1.807, 2.05) is 6.07 Å². The van der Waals surface area contributed by atoms with Gasteiger partial charge in [0.1, 0.15) is 22.0 Å². The molecule has 5 fully saturated rings. The van der Waals surface area contributed by atoms with Crippen molar-refractivity contribution in [1.29, 1.82) is 0 Å². The number of nitrogens with one attached hydrogen (secondary N) is 3. The molecular formula is C49H59N9O9S2. The maximum absolute atomic E-state index is 14.0. The summed E-state index contributed by atoms with van der Waals surface area (Å²) in [7, 11) is -8.00. The molecule has 2 aliphatic heterocycles. The zero-order valence-electron chi connectivity index (χ0n) is 38.8. The summed E-state index contributed by atoms with van der Waals surface area (Å²) in [4.78, 5) is 41.3. The van der Waals surface area contributed by atoms with Gasteiger partial charge >= 0.3 is 5.69 Å². The van der Waals surface area contributed by atoms with E-state index in [4.69, 9.17) is 4.74 Å². The number of sulfonamides is 2. The molecule has 2 saturated heterocycles. The van der Waals surface area contributed by atoms with Crippen molar-refractivity contribution < 1.29 is 36.4 Å². The molecule has 4 N–H and O–H groups in total. The highest BCUT2D eigenvalue weighted by Crippen LogP contribution is 2.54. The highest BCUT2D eigenvalue weighted by molar-refractivity contribution is 7.90. The lowest BCUT2D eigenvalue weighted by Gasteiger charge is -2.58. The van der Waals surface area contributed by atoms with Crippen molar-refractivity contribution in [1.82, 2.24) is 28.9 Å². The molecule has 69 heavy (non-hydrogen) atoms. The average Bonchev–Trinajstić information content (AvgIpc) is 4.06. The number of amides is 1. The van der Waals surface area contributed by atoms with Gasteiger partial charge < -0.3 is 25.0 Å². The number of rotatable bonds is 14. The van der Waals surface area contributed by atoms with Crippen molar-refractivity contribution in [3.05, 3.63) is 106 Å². The van der Waals surface area contributed by atoms with Gasteiger partial charge in [-0.2, -0.15) is 4.31 Å². The van der Waals surface area contributed by atoms with Gasteiger partial charge in [0.2, 0.25) is 15.8 Å². The molecule has 5 aliphatic rings. The number of ether oxygens (including phenoxy) is 1. The van der Waals surface area contributed by atoms with Crippen molar-refractivity contribution >= 4 is 54.2 Å². The SMILES string of the molecule is CS(=O)(=O)N1CCN(C2CC3(CCN(c4ccc(C(=O)NS(=O)(=O)c5cnc(NC[C@H]6CC[C@](C)(O)CC6)c([N+](=O)[O-])c5)c(Oc5cnc6[nH]ccc6c5)c4)CC3)C2)[C@H](c2ccccc2C2CC2)C1. The van der Waals surface area contributed by atoms with Gasteiger partial charge in [-0.05, 0) is 124 Å². The van der Waals surface area contributed by atoms with Crippen LogP contribution in [0.25, 0.3) is 11.0 Å². The summed E-state index contributed by atoms with van der Waals surface area (Å²) in [5, 5.41) is 26.2. The first-order valence-corrected chi connectivity index (χ1v) is 27.2. The van der Waals surface area contributed by atoms with Crippen molar-refractivity contribution in [2.24, 2.45) is 11.3 Å². The highest BCUT2D eigenvalue weighted by atomic mass is 32.2. The molecule has 10 rings (SSSR count). The number of H-pyrrole nitrogens is 1. The smallest absolute Gasteiger partial charge is 0.312 e. The van der Waals surface area contributed by atoms with Crippen LogP contribution in [0.3, 0.4) is 0 Å². The molecular weight excluding hydrogens is 923 g/mol. The van der Waals surface area contributed by atoms with E-state index in [1.54, 1.807) is 35.6 Å². The number of carbonyl (C=O) groups is 1. The largest absolute Gasteiger partial charge is 0.455 e. The average molecular weight is 982 g/mol. The molecule has 3 saturated carbocycles. The van der Waals surface area contributed by atoms with Crippen molar-refractivity contribution in [2.75, 3.05) is 55.7 Å². The molecule has 1 amide bonds. The summed E-state index contributed by atoms with van der Waals surface area (Å²) in [6, 6.07) is 18.4. The molecule has 0 bridgehead atoms. The van der Waals surface area contributed by atoms with E-state index in [0.29, 0.717) is 62.4 Å². The Kier molecular flexibility index (Phi) is 12.4. The van der Waals surface area contributed by atoms with Crippen LogP contribution in [0.1, 0.15) is 105 Å². The van der Waals surface area contributed by atoms with Gasteiger partial charge in [-0.15, -0.1) is 0 Å². The fourth-order valence-electron chi connectivity index (χ4n) is 11.1. The van der Waals surface area contributed by atoms with E-state index in [0.717, 1.165) is 75.0 Å². The number of aromatic amines is 1. The number of aromatic nitrogens is 3. The second-order valence-corrected chi connectivity index (χ2v) is 23.9. The van der Waals surface area contributed by atoms with Gasteiger partial charge in [-0.1, -0.05) is 24.3 Å². The van der Waals surface area contributed by atoms with Crippen LogP contribution in [0.15, 0.2) is 84.1 Å². The minimum atomic E-state index is -4.66. The van der Waals surface area contributed by atoms with Gasteiger partial charge in [-0.25, -0.2) is 31.5 Å². The second kappa shape index (κ2) is 18.3. The molecule has 5 aromatic rings. The minimum Gasteiger partial charge on any atom is -0.455 e. The lowest BCUT2D eigenvalue weighted by atomic mass is 9.59. The number of fused-ring (bicyclic) bond motifs is 1. The van der Waals surface area contributed by atoms with Crippen LogP contribution in [0.5, 0.6) is 11.5 Å². The normalized spacial score (nSPS) is 23.7. The van der Waals surface area contributed by atoms with Crippen LogP contribution in [-0.2, 0) is 20.0 Å². The summed E-state index contributed by atoms with van der Waals surface area (Å²) in [5.41, 5.74) is 2.83. The van der Waals surface area contributed by atoms with Gasteiger partial charge in [-0.3, -0.25) is 19.8 Å². The number of pyridine rings is 2.